The van der Waals surface area contributed by atoms with E-state index in [9.17, 15) is 5.11 Å². The molecule has 21 heavy (non-hydrogen) atoms. The third-order valence-corrected chi connectivity index (χ3v) is 3.51. The summed E-state index contributed by atoms with van der Waals surface area (Å²) in [6.07, 6.45) is 11.0. The molecule has 1 aliphatic carbocycles. The minimum atomic E-state index is 0. The van der Waals surface area contributed by atoms with Crippen molar-refractivity contribution in [2.75, 3.05) is 0 Å². The van der Waals surface area contributed by atoms with Gasteiger partial charge in [0.05, 0.1) is 0 Å². The van der Waals surface area contributed by atoms with Gasteiger partial charge in [0.1, 0.15) is 0 Å². The van der Waals surface area contributed by atoms with Crippen LogP contribution in [-0.4, -0.2) is 0 Å². The third kappa shape index (κ3) is 7.45. The van der Waals surface area contributed by atoms with Gasteiger partial charge in [-0.3, -0.25) is 0 Å². The van der Waals surface area contributed by atoms with Gasteiger partial charge in [-0.2, -0.15) is 18.2 Å². The van der Waals surface area contributed by atoms with Crippen molar-refractivity contribution in [1.29, 1.82) is 0 Å². The molecule has 2 rings (SSSR count). The molecule has 1 aromatic carbocycles. The van der Waals surface area contributed by atoms with E-state index in [1.54, 1.807) is 0 Å². The molecule has 1 nitrogen and oxygen atoms in total. The fourth-order valence-electron chi connectivity index (χ4n) is 2.26. The van der Waals surface area contributed by atoms with Gasteiger partial charge >= 0.3 is 17.1 Å². The van der Waals surface area contributed by atoms with Crippen molar-refractivity contribution in [3.8, 4) is 0 Å². The maximum Gasteiger partial charge on any atom is 2.00 e. The summed E-state index contributed by atoms with van der Waals surface area (Å²) in [5, 5.41) is 12.2. The van der Waals surface area contributed by atoms with Gasteiger partial charge in [-0.1, -0.05) is 57.9 Å². The molecule has 0 fully saturated rings. The molecule has 1 aliphatic rings. The number of hydrogen-bond acceptors (Lipinski definition) is 1. The van der Waals surface area contributed by atoms with Crippen LogP contribution in [0.2, 0.25) is 0 Å². The summed E-state index contributed by atoms with van der Waals surface area (Å²) >= 11 is 0. The molecule has 1 atom stereocenters. The molecule has 0 saturated heterocycles. The first-order valence-electron chi connectivity index (χ1n) is 7.59. The summed E-state index contributed by atoms with van der Waals surface area (Å²) in [5.41, 5.74) is 0.879. The summed E-state index contributed by atoms with van der Waals surface area (Å²) in [5.74, 6) is 0.967. The second kappa shape index (κ2) is 11.5. The van der Waals surface area contributed by atoms with E-state index in [1.807, 2.05) is 54.6 Å². The Labute approximate surface area is 140 Å². The molecule has 1 aromatic rings. The first kappa shape index (κ1) is 19.9. The molecule has 0 heterocycles. The molecule has 0 bridgehead atoms. The van der Waals surface area contributed by atoms with E-state index < -0.39 is 0 Å². The Morgan fingerprint density at radius 2 is 1.71 bits per heavy atom. The summed E-state index contributed by atoms with van der Waals surface area (Å²) in [6.45, 7) is 6.45. The SMILES string of the molecule is CCCCC(C([O-])=C1C=CC=C1)C(C)C.[Fe+2].c1cc[cH-]c1. The van der Waals surface area contributed by atoms with Crippen LogP contribution in [0.25, 0.3) is 0 Å². The molecular formula is C19H26FeO. The average molecular weight is 326 g/mol. The normalized spacial score (nSPS) is 13.6. The Balaban J connectivity index is 0.000000562. The largest absolute Gasteiger partial charge is 2.00 e. The van der Waals surface area contributed by atoms with Crippen LogP contribution in [0.15, 0.2) is 66.0 Å². The van der Waals surface area contributed by atoms with E-state index >= 15 is 0 Å². The molecule has 0 spiro atoms. The van der Waals surface area contributed by atoms with Gasteiger partial charge in [-0.05, 0) is 23.8 Å². The van der Waals surface area contributed by atoms with Crippen LogP contribution in [-0.2, 0) is 17.1 Å². The van der Waals surface area contributed by atoms with Crippen molar-refractivity contribution in [1.82, 2.24) is 0 Å². The molecule has 0 radical (unpaired) electrons. The summed E-state index contributed by atoms with van der Waals surface area (Å²) in [7, 11) is 0. The first-order valence-corrected chi connectivity index (χ1v) is 7.59. The maximum atomic E-state index is 12.2. The second-order valence-corrected chi connectivity index (χ2v) is 5.49. The van der Waals surface area contributed by atoms with Gasteiger partial charge in [-0.25, -0.2) is 12.1 Å². The van der Waals surface area contributed by atoms with E-state index in [4.69, 9.17) is 0 Å². The van der Waals surface area contributed by atoms with Crippen LogP contribution >= 0.6 is 0 Å². The Morgan fingerprint density at radius 1 is 1.14 bits per heavy atom. The Morgan fingerprint density at radius 3 is 2.10 bits per heavy atom. The van der Waals surface area contributed by atoms with E-state index in [0.717, 1.165) is 24.8 Å². The first-order chi connectivity index (χ1) is 9.66. The van der Waals surface area contributed by atoms with Crippen molar-refractivity contribution in [3.63, 3.8) is 0 Å². The molecule has 0 amide bonds. The van der Waals surface area contributed by atoms with Gasteiger partial charge < -0.3 is 5.11 Å². The standard InChI is InChI=1S/C14H22O.C5H5.Fe/c1-4-5-10-13(11(2)3)14(15)12-8-6-7-9-12;1-2-4-5-3-1;/h6-9,11,13,15H,4-5,10H2,1-3H3;1-5H;/q;-1;+2/p-1. The summed E-state index contributed by atoms with van der Waals surface area (Å²) < 4.78 is 0. The zero-order chi connectivity index (χ0) is 14.8. The van der Waals surface area contributed by atoms with Crippen LogP contribution in [0.5, 0.6) is 0 Å². The topological polar surface area (TPSA) is 23.1 Å². The Hall–Kier alpha value is -1.11. The van der Waals surface area contributed by atoms with Crippen LogP contribution in [0.4, 0.5) is 0 Å². The van der Waals surface area contributed by atoms with Gasteiger partial charge in [0.2, 0.25) is 0 Å². The molecule has 0 aromatic heterocycles. The van der Waals surface area contributed by atoms with Crippen molar-refractivity contribution >= 4 is 0 Å². The van der Waals surface area contributed by atoms with E-state index in [1.165, 1.54) is 0 Å². The number of allylic oxidation sites excluding steroid dienone is 6. The Kier molecular flexibility index (Phi) is 10.9. The van der Waals surface area contributed by atoms with Gasteiger partial charge in [0, 0.05) is 0 Å². The van der Waals surface area contributed by atoms with Crippen molar-refractivity contribution in [2.24, 2.45) is 11.8 Å². The number of unbranched alkanes of at least 4 members (excludes halogenated alkanes) is 1. The quantitative estimate of drug-likeness (QED) is 0.441. The average Bonchev–Trinajstić information content (AvgIpc) is 3.14. The van der Waals surface area contributed by atoms with Crippen molar-refractivity contribution < 1.29 is 22.2 Å². The third-order valence-electron chi connectivity index (χ3n) is 3.51. The summed E-state index contributed by atoms with van der Waals surface area (Å²) in [6, 6.07) is 10.0. The van der Waals surface area contributed by atoms with Crippen LogP contribution in [0, 0.1) is 11.8 Å². The smallest absolute Gasteiger partial charge is 0.875 e. The second-order valence-electron chi connectivity index (χ2n) is 5.49. The van der Waals surface area contributed by atoms with Crippen molar-refractivity contribution in [3.05, 3.63) is 66.0 Å². The predicted molar refractivity (Wildman–Crippen MR) is 85.2 cm³/mol. The number of hydrogen-bond donors (Lipinski definition) is 0. The van der Waals surface area contributed by atoms with Crippen LogP contribution in [0.3, 0.4) is 0 Å². The molecule has 116 valence electrons. The van der Waals surface area contributed by atoms with Crippen molar-refractivity contribution in [2.45, 2.75) is 40.0 Å². The van der Waals surface area contributed by atoms with E-state index in [2.05, 4.69) is 20.8 Å². The minimum absolute atomic E-state index is 0. The Bertz CT molecular complexity index is 407. The molecule has 1 unspecified atom stereocenters. The number of rotatable bonds is 5. The fraction of sp³-hybridized carbons (Fsp3) is 0.421. The van der Waals surface area contributed by atoms with Crippen LogP contribution in [0.1, 0.15) is 40.0 Å². The van der Waals surface area contributed by atoms with E-state index in [0.29, 0.717) is 11.7 Å². The zero-order valence-electron chi connectivity index (χ0n) is 13.2. The fourth-order valence-corrected chi connectivity index (χ4v) is 2.26. The minimum Gasteiger partial charge on any atom is -0.875 e. The van der Waals surface area contributed by atoms with E-state index in [-0.39, 0.29) is 23.0 Å². The van der Waals surface area contributed by atoms with Gasteiger partial charge in [0.15, 0.2) is 0 Å². The molecule has 0 N–H and O–H groups in total. The maximum absolute atomic E-state index is 12.2. The molecular weight excluding hydrogens is 300 g/mol. The monoisotopic (exact) mass is 326 g/mol. The predicted octanol–water partition coefficient (Wildman–Crippen LogP) is 4.59. The summed E-state index contributed by atoms with van der Waals surface area (Å²) in [4.78, 5) is 0. The zero-order valence-corrected chi connectivity index (χ0v) is 14.3. The molecule has 0 saturated carbocycles. The molecule has 0 aliphatic heterocycles. The van der Waals surface area contributed by atoms with Crippen LogP contribution < -0.4 is 5.11 Å². The molecule has 2 heteroatoms. The van der Waals surface area contributed by atoms with Gasteiger partial charge in [-0.15, -0.1) is 5.76 Å². The van der Waals surface area contributed by atoms with Gasteiger partial charge in [0.25, 0.3) is 0 Å².